The van der Waals surface area contributed by atoms with Crippen molar-refractivity contribution in [3.05, 3.63) is 47.9 Å². The van der Waals surface area contributed by atoms with Gasteiger partial charge in [0.2, 0.25) is 11.1 Å². The van der Waals surface area contributed by atoms with Crippen molar-refractivity contribution in [1.29, 1.82) is 0 Å². The molecule has 0 saturated carbocycles. The highest BCUT2D eigenvalue weighted by Crippen LogP contribution is 2.29. The maximum atomic E-state index is 12.4. The van der Waals surface area contributed by atoms with E-state index in [1.807, 2.05) is 17.9 Å². The number of benzene rings is 1. The molecule has 6 nitrogen and oxygen atoms in total. The van der Waals surface area contributed by atoms with Crippen LogP contribution in [-0.4, -0.2) is 49.8 Å². The molecule has 128 valence electrons. The fourth-order valence-electron chi connectivity index (χ4n) is 3.08. The summed E-state index contributed by atoms with van der Waals surface area (Å²) in [6, 6.07) is 8.31. The van der Waals surface area contributed by atoms with Gasteiger partial charge >= 0.3 is 0 Å². The van der Waals surface area contributed by atoms with Gasteiger partial charge in [-0.2, -0.15) is 0 Å². The number of nitrogens with zero attached hydrogens (tertiary/aromatic N) is 3. The molecular formula is C18H19N5OS. The Morgan fingerprint density at radius 3 is 3.00 bits per heavy atom. The van der Waals surface area contributed by atoms with Gasteiger partial charge in [0, 0.05) is 35.8 Å². The van der Waals surface area contributed by atoms with Crippen LogP contribution in [0.15, 0.2) is 41.7 Å². The zero-order chi connectivity index (χ0) is 17.2. The maximum absolute atomic E-state index is 12.4. The number of fused-ring (bicyclic) bond motifs is 1. The molecule has 3 heterocycles. The smallest absolute Gasteiger partial charge is 0.233 e. The molecule has 1 aliphatic rings. The number of para-hydroxylation sites is 1. The Hall–Kier alpha value is -2.54. The third-order valence-corrected chi connectivity index (χ3v) is 5.23. The van der Waals surface area contributed by atoms with Gasteiger partial charge in [0.25, 0.3) is 0 Å². The molecule has 25 heavy (non-hydrogen) atoms. The van der Waals surface area contributed by atoms with Crippen LogP contribution in [-0.2, 0) is 4.79 Å². The first-order valence-corrected chi connectivity index (χ1v) is 9.24. The van der Waals surface area contributed by atoms with Crippen molar-refractivity contribution < 1.29 is 4.79 Å². The van der Waals surface area contributed by atoms with E-state index >= 15 is 0 Å². The van der Waals surface area contributed by atoms with E-state index in [0.717, 1.165) is 24.3 Å². The Morgan fingerprint density at radius 2 is 2.24 bits per heavy atom. The SMILES string of the molecule is Cc1nc(SCC(=O)N2CC=C(c3c[nH]c4ccccc34)CC2)n[nH]1. The molecule has 1 aromatic carbocycles. The summed E-state index contributed by atoms with van der Waals surface area (Å²) in [6.45, 7) is 3.25. The van der Waals surface area contributed by atoms with Crippen LogP contribution in [0.2, 0.25) is 0 Å². The van der Waals surface area contributed by atoms with E-state index in [1.54, 1.807) is 0 Å². The number of rotatable bonds is 4. The van der Waals surface area contributed by atoms with Crippen LogP contribution in [0.4, 0.5) is 0 Å². The third-order valence-electron chi connectivity index (χ3n) is 4.40. The van der Waals surface area contributed by atoms with Crippen LogP contribution in [0.25, 0.3) is 16.5 Å². The summed E-state index contributed by atoms with van der Waals surface area (Å²) in [6.07, 6.45) is 5.10. The Kier molecular flexibility index (Phi) is 4.31. The number of aromatic nitrogens is 4. The number of carbonyl (C=O) groups is 1. The number of carbonyl (C=O) groups excluding carboxylic acids is 1. The predicted octanol–water partition coefficient (Wildman–Crippen LogP) is 3.00. The molecular weight excluding hydrogens is 334 g/mol. The number of thioether (sulfide) groups is 1. The Morgan fingerprint density at radius 1 is 1.36 bits per heavy atom. The first-order chi connectivity index (χ1) is 12.2. The second-order valence-electron chi connectivity index (χ2n) is 6.06. The van der Waals surface area contributed by atoms with Crippen LogP contribution < -0.4 is 0 Å². The Balaban J connectivity index is 1.40. The second kappa shape index (κ2) is 6.76. The van der Waals surface area contributed by atoms with Gasteiger partial charge < -0.3 is 9.88 Å². The number of nitrogens with one attached hydrogen (secondary N) is 2. The average molecular weight is 353 g/mol. The van der Waals surface area contributed by atoms with Crippen molar-refractivity contribution in [1.82, 2.24) is 25.1 Å². The quantitative estimate of drug-likeness (QED) is 0.707. The highest BCUT2D eigenvalue weighted by Gasteiger charge is 2.19. The zero-order valence-corrected chi connectivity index (χ0v) is 14.8. The topological polar surface area (TPSA) is 77.7 Å². The molecule has 2 N–H and O–H groups in total. The van der Waals surface area contributed by atoms with E-state index in [0.29, 0.717) is 17.5 Å². The molecule has 1 amide bonds. The first-order valence-electron chi connectivity index (χ1n) is 8.26. The normalized spacial score (nSPS) is 14.8. The third kappa shape index (κ3) is 3.32. The summed E-state index contributed by atoms with van der Waals surface area (Å²) in [5.41, 5.74) is 3.70. The number of H-pyrrole nitrogens is 2. The summed E-state index contributed by atoms with van der Waals surface area (Å²) < 4.78 is 0. The van der Waals surface area contributed by atoms with Crippen molar-refractivity contribution in [2.24, 2.45) is 0 Å². The van der Waals surface area contributed by atoms with Crippen LogP contribution in [0.1, 0.15) is 17.8 Å². The molecule has 0 bridgehead atoms. The second-order valence-corrected chi connectivity index (χ2v) is 7.00. The van der Waals surface area contributed by atoms with Gasteiger partial charge in [-0.3, -0.25) is 9.89 Å². The molecule has 1 aliphatic heterocycles. The average Bonchev–Trinajstić information content (AvgIpc) is 3.26. The number of hydrogen-bond acceptors (Lipinski definition) is 4. The summed E-state index contributed by atoms with van der Waals surface area (Å²) in [7, 11) is 0. The standard InChI is InChI=1S/C18H19N5OS/c1-12-20-18(22-21-12)25-11-17(24)23-8-6-13(7-9-23)15-10-19-16-5-3-2-4-14(15)16/h2-6,10,19H,7-9,11H2,1H3,(H,20,21,22). The van der Waals surface area contributed by atoms with Crippen LogP contribution in [0.3, 0.4) is 0 Å². The predicted molar refractivity (Wildman–Crippen MR) is 99.3 cm³/mol. The lowest BCUT2D eigenvalue weighted by Gasteiger charge is -2.26. The molecule has 3 aromatic rings. The molecule has 0 unspecified atom stereocenters. The minimum atomic E-state index is 0.127. The van der Waals surface area contributed by atoms with Gasteiger partial charge in [-0.05, 0) is 25.0 Å². The van der Waals surface area contributed by atoms with Crippen molar-refractivity contribution in [3.63, 3.8) is 0 Å². The first kappa shape index (κ1) is 16.0. The van der Waals surface area contributed by atoms with E-state index in [2.05, 4.69) is 50.6 Å². The Bertz CT molecular complexity index is 942. The molecule has 0 fully saturated rings. The lowest BCUT2D eigenvalue weighted by atomic mass is 9.99. The monoisotopic (exact) mass is 353 g/mol. The number of aromatic amines is 2. The van der Waals surface area contributed by atoms with Gasteiger partial charge in [-0.1, -0.05) is 36.0 Å². The molecule has 0 radical (unpaired) electrons. The summed E-state index contributed by atoms with van der Waals surface area (Å²) in [5, 5.41) is 8.70. The number of aryl methyl sites for hydroxylation is 1. The fourth-order valence-corrected chi connectivity index (χ4v) is 3.83. The van der Waals surface area contributed by atoms with E-state index < -0.39 is 0 Å². The molecule has 0 atom stereocenters. The fraction of sp³-hybridized carbons (Fsp3) is 0.278. The van der Waals surface area contributed by atoms with Crippen LogP contribution in [0, 0.1) is 6.92 Å². The van der Waals surface area contributed by atoms with E-state index in [1.165, 1.54) is 28.3 Å². The van der Waals surface area contributed by atoms with E-state index in [-0.39, 0.29) is 5.91 Å². The van der Waals surface area contributed by atoms with Gasteiger partial charge in [0.1, 0.15) is 5.82 Å². The summed E-state index contributed by atoms with van der Waals surface area (Å²) in [5.74, 6) is 1.26. The lowest BCUT2D eigenvalue weighted by Crippen LogP contribution is -2.35. The summed E-state index contributed by atoms with van der Waals surface area (Å²) in [4.78, 5) is 21.8. The zero-order valence-electron chi connectivity index (χ0n) is 14.0. The van der Waals surface area contributed by atoms with Gasteiger partial charge in [-0.15, -0.1) is 5.10 Å². The van der Waals surface area contributed by atoms with Crippen molar-refractivity contribution >= 4 is 34.1 Å². The lowest BCUT2D eigenvalue weighted by molar-refractivity contribution is -0.127. The molecule has 0 saturated heterocycles. The van der Waals surface area contributed by atoms with Gasteiger partial charge in [0.05, 0.1) is 5.75 Å². The van der Waals surface area contributed by atoms with Gasteiger partial charge in [0.15, 0.2) is 0 Å². The highest BCUT2D eigenvalue weighted by molar-refractivity contribution is 7.99. The molecule has 4 rings (SSSR count). The van der Waals surface area contributed by atoms with Crippen LogP contribution >= 0.6 is 11.8 Å². The van der Waals surface area contributed by atoms with Crippen molar-refractivity contribution in [2.75, 3.05) is 18.8 Å². The largest absolute Gasteiger partial charge is 0.361 e. The van der Waals surface area contributed by atoms with Crippen LogP contribution in [0.5, 0.6) is 0 Å². The maximum Gasteiger partial charge on any atom is 0.233 e. The molecule has 0 aliphatic carbocycles. The molecule has 7 heteroatoms. The summed E-state index contributed by atoms with van der Waals surface area (Å²) >= 11 is 1.37. The number of amides is 1. The molecule has 2 aromatic heterocycles. The minimum Gasteiger partial charge on any atom is -0.361 e. The number of hydrogen-bond donors (Lipinski definition) is 2. The Labute approximate surface area is 149 Å². The van der Waals surface area contributed by atoms with E-state index in [9.17, 15) is 4.79 Å². The minimum absolute atomic E-state index is 0.127. The van der Waals surface area contributed by atoms with E-state index in [4.69, 9.17) is 0 Å². The van der Waals surface area contributed by atoms with Crippen molar-refractivity contribution in [3.8, 4) is 0 Å². The van der Waals surface area contributed by atoms with Crippen molar-refractivity contribution in [2.45, 2.75) is 18.5 Å². The highest BCUT2D eigenvalue weighted by atomic mass is 32.2. The molecule has 0 spiro atoms. The van der Waals surface area contributed by atoms with Gasteiger partial charge in [-0.25, -0.2) is 4.98 Å².